The van der Waals surface area contributed by atoms with Crippen LogP contribution in [0.5, 0.6) is 0 Å². The maximum Gasteiger partial charge on any atom is 0.355 e. The van der Waals surface area contributed by atoms with Crippen molar-refractivity contribution in [2.24, 2.45) is 7.05 Å². The molecule has 0 saturated heterocycles. The topological polar surface area (TPSA) is 101 Å². The Kier molecular flexibility index (Phi) is 10.0. The molecule has 0 spiro atoms. The molecule has 0 aliphatic heterocycles. The molecule has 8 heteroatoms. The van der Waals surface area contributed by atoms with Gasteiger partial charge in [-0.05, 0) is 36.6 Å². The Morgan fingerprint density at radius 3 is 2.24 bits per heavy atom. The van der Waals surface area contributed by atoms with Gasteiger partial charge in [0.1, 0.15) is 11.8 Å². The second-order valence-electron chi connectivity index (χ2n) is 7.57. The Hall–Kier alpha value is -3.41. The van der Waals surface area contributed by atoms with Crippen LogP contribution in [0.3, 0.4) is 0 Å². The van der Waals surface area contributed by atoms with Crippen LogP contribution in [0.15, 0.2) is 65.7 Å². The molecule has 0 unspecified atom stereocenters. The minimum Gasteiger partial charge on any atom is -0.461 e. The fourth-order valence-corrected chi connectivity index (χ4v) is 4.35. The summed E-state index contributed by atoms with van der Waals surface area (Å²) in [5.41, 5.74) is 2.87. The number of ether oxygens (including phenoxy) is 1. The average Bonchev–Trinajstić information content (AvgIpc) is 3.17. The first-order valence-corrected chi connectivity index (χ1v) is 12.7. The predicted molar refractivity (Wildman–Crippen MR) is 133 cm³/mol. The number of nitriles is 1. The van der Waals surface area contributed by atoms with Crippen molar-refractivity contribution >= 4 is 16.0 Å². The molecule has 0 amide bonds. The Bertz CT molecular complexity index is 1230. The number of rotatable bonds is 8. The molecular weight excluding hydrogens is 450 g/mol. The van der Waals surface area contributed by atoms with Gasteiger partial charge in [-0.15, -0.1) is 0 Å². The molecule has 1 aromatic heterocycles. The van der Waals surface area contributed by atoms with Gasteiger partial charge in [-0.3, -0.25) is 0 Å². The second kappa shape index (κ2) is 12.7. The lowest BCUT2D eigenvalue weighted by molar-refractivity contribution is 0.0516. The number of aryl methyl sites for hydroxylation is 1. The van der Waals surface area contributed by atoms with Gasteiger partial charge in [0.15, 0.2) is 0 Å². The molecule has 180 valence electrons. The molecule has 3 aromatic rings. The van der Waals surface area contributed by atoms with Crippen molar-refractivity contribution in [1.29, 1.82) is 5.26 Å². The molecule has 0 saturated carbocycles. The minimum absolute atomic E-state index is 0.227. The lowest BCUT2D eigenvalue weighted by Crippen LogP contribution is -2.25. The number of benzene rings is 2. The third kappa shape index (κ3) is 6.80. The molecule has 0 aliphatic carbocycles. The van der Waals surface area contributed by atoms with Gasteiger partial charge in [-0.2, -0.15) is 5.26 Å². The van der Waals surface area contributed by atoms with Crippen LogP contribution in [0.4, 0.5) is 0 Å². The number of aromatic nitrogens is 1. The number of carbonyl (C=O) groups is 1. The summed E-state index contributed by atoms with van der Waals surface area (Å²) in [5, 5.41) is 9.49. The quantitative estimate of drug-likeness (QED) is 0.471. The number of carbonyl (C=O) groups excluding carboxylic acids is 1. The lowest BCUT2D eigenvalue weighted by atomic mass is 10.00. The van der Waals surface area contributed by atoms with Gasteiger partial charge in [0.05, 0.1) is 17.1 Å². The Balaban J connectivity index is 0.00000129. The fraction of sp³-hybridized carbons (Fsp3) is 0.308. The summed E-state index contributed by atoms with van der Waals surface area (Å²) in [6.45, 7) is 6.47. The molecular formula is C26H31N3O4S. The number of sulfonamides is 1. The Labute approximate surface area is 202 Å². The summed E-state index contributed by atoms with van der Waals surface area (Å²) in [4.78, 5) is 12.6. The highest BCUT2D eigenvalue weighted by atomic mass is 32.2. The highest BCUT2D eigenvalue weighted by Crippen LogP contribution is 2.30. The standard InChI is InChI=1S/C23H23N3O4S.C3H8/c1-3-30-23(27)22-21(19(15-24)16-26(22)2)18-11-9-17(10-12-18)13-14-25-31(28,29)20-7-5-4-6-8-20;1-3-2/h4-12,16,25H,3,13-14H2,1-2H3;3H2,1-2H3. The average molecular weight is 482 g/mol. The molecule has 34 heavy (non-hydrogen) atoms. The fourth-order valence-electron chi connectivity index (χ4n) is 3.30. The van der Waals surface area contributed by atoms with Crippen LogP contribution in [-0.4, -0.2) is 32.1 Å². The summed E-state index contributed by atoms with van der Waals surface area (Å²) in [6.07, 6.45) is 3.35. The maximum atomic E-state index is 12.4. The molecule has 3 rings (SSSR count). The van der Waals surface area contributed by atoms with Crippen LogP contribution in [0.25, 0.3) is 11.1 Å². The molecule has 1 heterocycles. The van der Waals surface area contributed by atoms with Crippen molar-refractivity contribution in [3.8, 4) is 17.2 Å². The van der Waals surface area contributed by atoms with E-state index in [9.17, 15) is 18.5 Å². The first-order valence-electron chi connectivity index (χ1n) is 11.2. The van der Waals surface area contributed by atoms with Crippen LogP contribution >= 0.6 is 0 Å². The normalized spacial score (nSPS) is 10.7. The van der Waals surface area contributed by atoms with Gasteiger partial charge in [-0.1, -0.05) is 62.7 Å². The van der Waals surface area contributed by atoms with E-state index in [1.165, 1.54) is 6.42 Å². The number of esters is 1. The molecule has 0 radical (unpaired) electrons. The smallest absolute Gasteiger partial charge is 0.355 e. The van der Waals surface area contributed by atoms with Gasteiger partial charge in [0, 0.05) is 25.4 Å². The third-order valence-corrected chi connectivity index (χ3v) is 6.25. The van der Waals surface area contributed by atoms with Crippen LogP contribution in [0.2, 0.25) is 0 Å². The van der Waals surface area contributed by atoms with E-state index in [1.54, 1.807) is 55.1 Å². The second-order valence-corrected chi connectivity index (χ2v) is 9.34. The number of nitrogens with zero attached hydrogens (tertiary/aromatic N) is 2. The molecule has 2 aromatic carbocycles. The van der Waals surface area contributed by atoms with Gasteiger partial charge < -0.3 is 9.30 Å². The highest BCUT2D eigenvalue weighted by Gasteiger charge is 2.22. The number of hydrogen-bond donors (Lipinski definition) is 1. The van der Waals surface area contributed by atoms with Crippen molar-refractivity contribution in [3.05, 3.63) is 77.6 Å². The monoisotopic (exact) mass is 481 g/mol. The van der Waals surface area contributed by atoms with E-state index in [1.807, 2.05) is 24.3 Å². The van der Waals surface area contributed by atoms with Gasteiger partial charge in [-0.25, -0.2) is 17.9 Å². The summed E-state index contributed by atoms with van der Waals surface area (Å²) >= 11 is 0. The first kappa shape index (κ1) is 26.8. The summed E-state index contributed by atoms with van der Waals surface area (Å²) in [5.74, 6) is -0.485. The van der Waals surface area contributed by atoms with Gasteiger partial charge in [0.2, 0.25) is 10.0 Å². The Morgan fingerprint density at radius 2 is 1.68 bits per heavy atom. The number of nitrogens with one attached hydrogen (secondary N) is 1. The van der Waals surface area contributed by atoms with Crippen LogP contribution in [-0.2, 0) is 28.2 Å². The molecule has 0 bridgehead atoms. The van der Waals surface area contributed by atoms with E-state index in [-0.39, 0.29) is 18.0 Å². The summed E-state index contributed by atoms with van der Waals surface area (Å²) in [6, 6.07) is 17.7. The molecule has 1 N–H and O–H groups in total. The Morgan fingerprint density at radius 1 is 1.06 bits per heavy atom. The van der Waals surface area contributed by atoms with E-state index in [0.29, 0.717) is 28.8 Å². The van der Waals surface area contributed by atoms with E-state index in [2.05, 4.69) is 24.6 Å². The maximum absolute atomic E-state index is 12.4. The first-order chi connectivity index (χ1) is 16.3. The minimum atomic E-state index is -3.55. The van der Waals surface area contributed by atoms with Crippen molar-refractivity contribution in [2.75, 3.05) is 13.2 Å². The van der Waals surface area contributed by atoms with Crippen molar-refractivity contribution in [3.63, 3.8) is 0 Å². The van der Waals surface area contributed by atoms with Crippen LogP contribution in [0.1, 0.15) is 48.8 Å². The van der Waals surface area contributed by atoms with Crippen molar-refractivity contribution < 1.29 is 17.9 Å². The van der Waals surface area contributed by atoms with Gasteiger partial charge >= 0.3 is 5.97 Å². The SMILES string of the molecule is CCC.CCOC(=O)c1c(-c2ccc(CCNS(=O)(=O)c3ccccc3)cc2)c(C#N)cn1C. The molecule has 0 aliphatic rings. The lowest BCUT2D eigenvalue weighted by Gasteiger charge is -2.09. The van der Waals surface area contributed by atoms with E-state index >= 15 is 0 Å². The molecule has 7 nitrogen and oxygen atoms in total. The summed E-state index contributed by atoms with van der Waals surface area (Å²) < 4.78 is 33.9. The zero-order chi connectivity index (χ0) is 25.1. The zero-order valence-electron chi connectivity index (χ0n) is 20.0. The van der Waals surface area contributed by atoms with Crippen molar-refractivity contribution in [1.82, 2.24) is 9.29 Å². The highest BCUT2D eigenvalue weighted by molar-refractivity contribution is 7.89. The predicted octanol–water partition coefficient (Wildman–Crippen LogP) is 4.68. The van der Waals surface area contributed by atoms with Crippen LogP contribution < -0.4 is 4.72 Å². The van der Waals surface area contributed by atoms with Crippen LogP contribution in [0, 0.1) is 11.3 Å². The van der Waals surface area contributed by atoms with E-state index in [4.69, 9.17) is 4.74 Å². The largest absolute Gasteiger partial charge is 0.461 e. The zero-order valence-corrected chi connectivity index (χ0v) is 20.9. The summed E-state index contributed by atoms with van der Waals surface area (Å²) in [7, 11) is -1.85. The number of hydrogen-bond acceptors (Lipinski definition) is 5. The third-order valence-electron chi connectivity index (χ3n) is 4.77. The molecule has 0 atom stereocenters. The van der Waals surface area contributed by atoms with E-state index in [0.717, 1.165) is 5.56 Å². The van der Waals surface area contributed by atoms with Gasteiger partial charge in [0.25, 0.3) is 0 Å². The van der Waals surface area contributed by atoms with Crippen molar-refractivity contribution in [2.45, 2.75) is 38.5 Å². The molecule has 0 fully saturated rings. The van der Waals surface area contributed by atoms with E-state index < -0.39 is 16.0 Å².